The number of oxime groups is 2. The van der Waals surface area contributed by atoms with E-state index in [1.54, 1.807) is 13.0 Å². The highest BCUT2D eigenvalue weighted by Crippen LogP contribution is 2.20. The van der Waals surface area contributed by atoms with Crippen LogP contribution in [0.15, 0.2) is 34.6 Å². The largest absolute Gasteiger partial charge is 0.472 e. The van der Waals surface area contributed by atoms with Crippen molar-refractivity contribution >= 4 is 17.3 Å². The number of carbonyl (C=O) groups is 1. The van der Waals surface area contributed by atoms with Crippen molar-refractivity contribution in [2.24, 2.45) is 10.3 Å². The molecular weight excluding hydrogens is 398 g/mol. The average Bonchev–Trinajstić information content (AvgIpc) is 2.79. The van der Waals surface area contributed by atoms with Gasteiger partial charge in [-0.1, -0.05) is 48.4 Å². The summed E-state index contributed by atoms with van der Waals surface area (Å²) in [4.78, 5) is 30.7. The van der Waals surface area contributed by atoms with Crippen LogP contribution in [0.4, 0.5) is 0 Å². The number of hydrogen-bond acceptors (Lipinski definition) is 8. The minimum atomic E-state index is -0.359. The molecule has 1 N–H and O–H groups in total. The van der Waals surface area contributed by atoms with Crippen molar-refractivity contribution in [3.05, 3.63) is 52.5 Å². The molecule has 31 heavy (non-hydrogen) atoms. The lowest BCUT2D eigenvalue weighted by atomic mass is 10.0. The molecule has 1 amide bonds. The Morgan fingerprint density at radius 1 is 1.06 bits per heavy atom. The van der Waals surface area contributed by atoms with Gasteiger partial charge >= 0.3 is 0 Å². The molecule has 0 aliphatic carbocycles. The lowest BCUT2D eigenvalue weighted by molar-refractivity contribution is -0.114. The number of nitrogens with zero attached hydrogens (tertiary/aromatic N) is 4. The standard InChI is InChI=1S/C20H25N5O4.C2H6/c1-12-13(2)22-18(14(3)24-27-5)23-20(12)29-11-15-9-7-8-10-16(15)17(25-28-6)19(26)21-4;1-2/h7-10H,11H2,1-6H3,(H,21,26);1-2H3/b24-14-,25-17+;. The molecule has 168 valence electrons. The summed E-state index contributed by atoms with van der Waals surface area (Å²) in [6, 6.07) is 7.31. The summed E-state index contributed by atoms with van der Waals surface area (Å²) in [6.45, 7) is 9.68. The SMILES string of the molecule is CC.CNC(=O)/C(=N/OC)c1ccccc1COc1nc(/C(C)=N\OC)nc(C)c1C. The van der Waals surface area contributed by atoms with Crippen molar-refractivity contribution in [1.82, 2.24) is 15.3 Å². The second-order valence-electron chi connectivity index (χ2n) is 6.07. The number of rotatable bonds is 8. The van der Waals surface area contributed by atoms with Crippen LogP contribution in [0.2, 0.25) is 0 Å². The summed E-state index contributed by atoms with van der Waals surface area (Å²) < 4.78 is 5.98. The number of aromatic nitrogens is 2. The summed E-state index contributed by atoms with van der Waals surface area (Å²) in [5, 5.41) is 10.3. The molecule has 0 aliphatic rings. The van der Waals surface area contributed by atoms with Gasteiger partial charge in [0.2, 0.25) is 5.88 Å². The Kier molecular flexibility index (Phi) is 10.7. The molecule has 0 aliphatic heterocycles. The van der Waals surface area contributed by atoms with Gasteiger partial charge in [-0.15, -0.1) is 0 Å². The maximum Gasteiger partial charge on any atom is 0.273 e. The van der Waals surface area contributed by atoms with Crippen LogP contribution >= 0.6 is 0 Å². The molecule has 0 saturated carbocycles. The highest BCUT2D eigenvalue weighted by molar-refractivity contribution is 6.45. The van der Waals surface area contributed by atoms with E-state index in [9.17, 15) is 4.79 Å². The van der Waals surface area contributed by atoms with Gasteiger partial charge in [0.15, 0.2) is 11.5 Å². The first kappa shape index (κ1) is 25.5. The molecule has 1 aromatic heterocycles. The first-order valence-corrected chi connectivity index (χ1v) is 9.90. The van der Waals surface area contributed by atoms with Crippen molar-refractivity contribution in [1.29, 1.82) is 0 Å². The van der Waals surface area contributed by atoms with Crippen LogP contribution < -0.4 is 10.1 Å². The molecule has 2 aromatic rings. The van der Waals surface area contributed by atoms with Gasteiger partial charge in [0.1, 0.15) is 26.5 Å². The smallest absolute Gasteiger partial charge is 0.273 e. The van der Waals surface area contributed by atoms with Crippen LogP contribution in [-0.4, -0.2) is 48.6 Å². The average molecular weight is 430 g/mol. The topological polar surface area (TPSA) is 107 Å². The van der Waals surface area contributed by atoms with E-state index in [1.165, 1.54) is 21.3 Å². The Hall–Kier alpha value is -3.49. The van der Waals surface area contributed by atoms with Gasteiger partial charge in [0.25, 0.3) is 5.91 Å². The van der Waals surface area contributed by atoms with Crippen molar-refractivity contribution in [2.75, 3.05) is 21.3 Å². The second-order valence-corrected chi connectivity index (χ2v) is 6.07. The summed E-state index contributed by atoms with van der Waals surface area (Å²) in [7, 11) is 4.39. The summed E-state index contributed by atoms with van der Waals surface area (Å²) in [5.41, 5.74) is 3.65. The van der Waals surface area contributed by atoms with E-state index in [0.29, 0.717) is 23.0 Å². The Labute approximate surface area is 183 Å². The molecule has 0 unspecified atom stereocenters. The molecule has 0 atom stereocenters. The number of likely N-dealkylation sites (N-methyl/N-ethyl adjacent to an activating group) is 1. The number of carbonyl (C=O) groups excluding carboxylic acids is 1. The molecule has 1 aromatic carbocycles. The fraction of sp³-hybridized carbons (Fsp3) is 0.409. The van der Waals surface area contributed by atoms with Gasteiger partial charge in [-0.25, -0.2) is 4.98 Å². The maximum atomic E-state index is 12.2. The van der Waals surface area contributed by atoms with E-state index in [1.807, 2.05) is 45.9 Å². The van der Waals surface area contributed by atoms with Crippen molar-refractivity contribution in [2.45, 2.75) is 41.2 Å². The maximum absolute atomic E-state index is 12.2. The van der Waals surface area contributed by atoms with E-state index >= 15 is 0 Å². The predicted molar refractivity (Wildman–Crippen MR) is 120 cm³/mol. The molecule has 0 radical (unpaired) electrons. The Balaban J connectivity index is 0.00000233. The van der Waals surface area contributed by atoms with Crippen molar-refractivity contribution < 1.29 is 19.2 Å². The van der Waals surface area contributed by atoms with E-state index in [0.717, 1.165) is 16.8 Å². The normalized spacial score (nSPS) is 11.2. The molecule has 0 fully saturated rings. The number of aryl methyl sites for hydroxylation is 1. The van der Waals surface area contributed by atoms with Crippen LogP contribution in [0.5, 0.6) is 5.88 Å². The van der Waals surface area contributed by atoms with Crippen molar-refractivity contribution in [3.63, 3.8) is 0 Å². The van der Waals surface area contributed by atoms with Crippen LogP contribution in [0, 0.1) is 13.8 Å². The third kappa shape index (κ3) is 6.77. The summed E-state index contributed by atoms with van der Waals surface area (Å²) >= 11 is 0. The number of nitrogens with one attached hydrogen (secondary N) is 1. The zero-order chi connectivity index (χ0) is 23.4. The molecule has 2 rings (SSSR count). The van der Waals surface area contributed by atoms with E-state index < -0.39 is 0 Å². The zero-order valence-corrected chi connectivity index (χ0v) is 19.4. The lowest BCUT2D eigenvalue weighted by Gasteiger charge is -2.14. The quantitative estimate of drug-likeness (QED) is 0.510. The van der Waals surface area contributed by atoms with Crippen LogP contribution in [0.3, 0.4) is 0 Å². The number of amides is 1. The van der Waals surface area contributed by atoms with Gasteiger partial charge in [-0.2, -0.15) is 4.98 Å². The predicted octanol–water partition coefficient (Wildman–Crippen LogP) is 3.17. The van der Waals surface area contributed by atoms with E-state index in [4.69, 9.17) is 14.4 Å². The fourth-order valence-corrected chi connectivity index (χ4v) is 2.53. The van der Waals surface area contributed by atoms with Gasteiger partial charge < -0.3 is 19.7 Å². The Morgan fingerprint density at radius 3 is 2.32 bits per heavy atom. The molecule has 9 heteroatoms. The zero-order valence-electron chi connectivity index (χ0n) is 19.4. The van der Waals surface area contributed by atoms with Crippen LogP contribution in [-0.2, 0) is 21.1 Å². The first-order valence-electron chi connectivity index (χ1n) is 9.90. The third-order valence-electron chi connectivity index (χ3n) is 4.16. The Morgan fingerprint density at radius 2 is 1.71 bits per heavy atom. The van der Waals surface area contributed by atoms with Gasteiger partial charge in [0.05, 0.1) is 0 Å². The molecule has 0 saturated heterocycles. The molecule has 1 heterocycles. The molecule has 0 spiro atoms. The van der Waals surface area contributed by atoms with Gasteiger partial charge in [-0.05, 0) is 26.3 Å². The highest BCUT2D eigenvalue weighted by atomic mass is 16.6. The lowest BCUT2D eigenvalue weighted by Crippen LogP contribution is -2.29. The number of benzene rings is 1. The van der Waals surface area contributed by atoms with Crippen LogP contribution in [0.25, 0.3) is 0 Å². The minimum Gasteiger partial charge on any atom is -0.472 e. The number of hydrogen-bond donors (Lipinski definition) is 1. The summed E-state index contributed by atoms with van der Waals surface area (Å²) in [6.07, 6.45) is 0. The fourth-order valence-electron chi connectivity index (χ4n) is 2.53. The molecular formula is C22H31N5O4. The van der Waals surface area contributed by atoms with Gasteiger partial charge in [-0.3, -0.25) is 4.79 Å². The van der Waals surface area contributed by atoms with Crippen LogP contribution in [0.1, 0.15) is 49.0 Å². The van der Waals surface area contributed by atoms with E-state index in [-0.39, 0.29) is 18.2 Å². The van der Waals surface area contributed by atoms with E-state index in [2.05, 4.69) is 25.6 Å². The summed E-state index contributed by atoms with van der Waals surface area (Å²) in [5.74, 6) is 0.491. The third-order valence-corrected chi connectivity index (χ3v) is 4.16. The molecule has 0 bridgehead atoms. The highest BCUT2D eigenvalue weighted by Gasteiger charge is 2.18. The van der Waals surface area contributed by atoms with Gasteiger partial charge in [0, 0.05) is 23.9 Å². The second kappa shape index (κ2) is 12.9. The van der Waals surface area contributed by atoms with Crippen molar-refractivity contribution in [3.8, 4) is 5.88 Å². The Bertz CT molecular complexity index is 941. The molecule has 9 nitrogen and oxygen atoms in total. The minimum absolute atomic E-state index is 0.161. The first-order chi connectivity index (χ1) is 14.9. The number of ether oxygens (including phenoxy) is 1. The monoisotopic (exact) mass is 429 g/mol.